The van der Waals surface area contributed by atoms with Gasteiger partial charge in [0.05, 0.1) is 0 Å². The van der Waals surface area contributed by atoms with Gasteiger partial charge in [0.1, 0.15) is 11.6 Å². The second kappa shape index (κ2) is 7.86. The molecule has 1 N–H and O–H groups in total. The smallest absolute Gasteiger partial charge is 0.131 e. The highest BCUT2D eigenvalue weighted by Gasteiger charge is 2.16. The van der Waals surface area contributed by atoms with Gasteiger partial charge in [-0.05, 0) is 61.1 Å². The predicted octanol–water partition coefficient (Wildman–Crippen LogP) is 4.46. The first-order valence-electron chi connectivity index (χ1n) is 8.47. The third-order valence-electron chi connectivity index (χ3n) is 4.67. The molecule has 1 aliphatic heterocycles. The maximum absolute atomic E-state index is 14.4. The van der Waals surface area contributed by atoms with Crippen LogP contribution in [0.4, 0.5) is 8.78 Å². The van der Waals surface area contributed by atoms with Crippen molar-refractivity contribution in [3.05, 3.63) is 59.2 Å². The van der Waals surface area contributed by atoms with E-state index in [1.54, 1.807) is 0 Å². The van der Waals surface area contributed by atoms with Gasteiger partial charge < -0.3 is 10.1 Å². The number of hydrogen-bond acceptors (Lipinski definition) is 2. The molecule has 1 aliphatic rings. The molecule has 0 bridgehead atoms. The van der Waals surface area contributed by atoms with Crippen molar-refractivity contribution < 1.29 is 13.5 Å². The van der Waals surface area contributed by atoms with Crippen LogP contribution in [0, 0.1) is 24.5 Å². The molecule has 24 heavy (non-hydrogen) atoms. The van der Waals surface area contributed by atoms with E-state index in [-0.39, 0.29) is 12.1 Å². The topological polar surface area (TPSA) is 21.3 Å². The Morgan fingerprint density at radius 1 is 1.08 bits per heavy atom. The highest BCUT2D eigenvalue weighted by atomic mass is 19.1. The first-order valence-corrected chi connectivity index (χ1v) is 8.47. The molecule has 1 heterocycles. The molecule has 0 saturated carbocycles. The second-order valence-electron chi connectivity index (χ2n) is 6.42. The first-order chi connectivity index (χ1) is 11.6. The van der Waals surface area contributed by atoms with Crippen LogP contribution in [-0.2, 0) is 11.3 Å². The summed E-state index contributed by atoms with van der Waals surface area (Å²) in [6, 6.07) is 10.5. The van der Waals surface area contributed by atoms with Crippen LogP contribution in [0.3, 0.4) is 0 Å². The van der Waals surface area contributed by atoms with Crippen LogP contribution in [0.15, 0.2) is 36.4 Å². The molecule has 1 fully saturated rings. The highest BCUT2D eigenvalue weighted by Crippen LogP contribution is 2.27. The Kier molecular flexibility index (Phi) is 5.59. The van der Waals surface area contributed by atoms with Crippen molar-refractivity contribution in [2.45, 2.75) is 26.3 Å². The van der Waals surface area contributed by atoms with E-state index in [0.717, 1.165) is 43.7 Å². The summed E-state index contributed by atoms with van der Waals surface area (Å²) in [6.45, 7) is 4.47. The average molecular weight is 331 g/mol. The van der Waals surface area contributed by atoms with Crippen molar-refractivity contribution in [1.82, 2.24) is 5.32 Å². The lowest BCUT2D eigenvalue weighted by Gasteiger charge is -2.22. The Morgan fingerprint density at radius 2 is 1.75 bits per heavy atom. The van der Waals surface area contributed by atoms with Crippen LogP contribution in [0.2, 0.25) is 0 Å². The normalized spacial score (nSPS) is 15.6. The Balaban J connectivity index is 1.69. The fourth-order valence-corrected chi connectivity index (χ4v) is 3.18. The minimum absolute atomic E-state index is 0.111. The van der Waals surface area contributed by atoms with E-state index in [9.17, 15) is 8.78 Å². The minimum atomic E-state index is -0.493. The Hall–Kier alpha value is -1.78. The van der Waals surface area contributed by atoms with E-state index >= 15 is 0 Å². The first kappa shape index (κ1) is 17.1. The zero-order valence-electron chi connectivity index (χ0n) is 13.9. The number of benzene rings is 2. The SMILES string of the molecule is Cc1ccccc1-c1cc(F)c(CNCC2CCOCC2)c(F)c1. The molecular formula is C20H23F2NO. The van der Waals surface area contributed by atoms with Gasteiger partial charge in [-0.3, -0.25) is 0 Å². The molecule has 1 saturated heterocycles. The third-order valence-corrected chi connectivity index (χ3v) is 4.67. The van der Waals surface area contributed by atoms with E-state index in [0.29, 0.717) is 11.5 Å². The third kappa shape index (κ3) is 4.00. The number of ether oxygens (including phenoxy) is 1. The zero-order valence-corrected chi connectivity index (χ0v) is 13.9. The molecule has 2 aromatic rings. The molecule has 0 amide bonds. The minimum Gasteiger partial charge on any atom is -0.381 e. The Bertz CT molecular complexity index is 673. The summed E-state index contributed by atoms with van der Waals surface area (Å²) in [5, 5.41) is 3.19. The van der Waals surface area contributed by atoms with E-state index < -0.39 is 11.6 Å². The van der Waals surface area contributed by atoms with Crippen LogP contribution in [-0.4, -0.2) is 19.8 Å². The summed E-state index contributed by atoms with van der Waals surface area (Å²) in [6.07, 6.45) is 2.01. The molecule has 128 valence electrons. The molecule has 3 rings (SSSR count). The van der Waals surface area contributed by atoms with Gasteiger partial charge in [0.25, 0.3) is 0 Å². The van der Waals surface area contributed by atoms with Crippen molar-refractivity contribution in [2.75, 3.05) is 19.8 Å². The van der Waals surface area contributed by atoms with Crippen LogP contribution >= 0.6 is 0 Å². The molecule has 4 heteroatoms. The van der Waals surface area contributed by atoms with Crippen LogP contribution in [0.5, 0.6) is 0 Å². The lowest BCUT2D eigenvalue weighted by atomic mass is 9.98. The van der Waals surface area contributed by atoms with Crippen molar-refractivity contribution in [1.29, 1.82) is 0 Å². The molecule has 0 radical (unpaired) electrons. The molecule has 0 spiro atoms. The summed E-state index contributed by atoms with van der Waals surface area (Å²) in [5.74, 6) is -0.462. The fraction of sp³-hybridized carbons (Fsp3) is 0.400. The fourth-order valence-electron chi connectivity index (χ4n) is 3.18. The van der Waals surface area contributed by atoms with Crippen LogP contribution < -0.4 is 5.32 Å². The van der Waals surface area contributed by atoms with Gasteiger partial charge in [0, 0.05) is 25.3 Å². The molecule has 2 aromatic carbocycles. The number of halogens is 2. The van der Waals surface area contributed by atoms with Crippen molar-refractivity contribution in [3.63, 3.8) is 0 Å². The van der Waals surface area contributed by atoms with E-state index in [1.165, 1.54) is 12.1 Å². The standard InChI is InChI=1S/C20H23F2NO/c1-14-4-2-3-5-17(14)16-10-19(21)18(20(22)11-16)13-23-12-15-6-8-24-9-7-15/h2-5,10-11,15,23H,6-9,12-13H2,1H3. The zero-order chi connectivity index (χ0) is 16.9. The van der Waals surface area contributed by atoms with E-state index in [1.807, 2.05) is 31.2 Å². The number of hydrogen-bond donors (Lipinski definition) is 1. The average Bonchev–Trinajstić information content (AvgIpc) is 2.58. The summed E-state index contributed by atoms with van der Waals surface area (Å²) >= 11 is 0. The number of rotatable bonds is 5. The molecule has 0 atom stereocenters. The van der Waals surface area contributed by atoms with Gasteiger partial charge in [0.2, 0.25) is 0 Å². The van der Waals surface area contributed by atoms with Gasteiger partial charge in [0.15, 0.2) is 0 Å². The molecule has 0 aliphatic carbocycles. The molecule has 0 aromatic heterocycles. The quantitative estimate of drug-likeness (QED) is 0.873. The molecule has 2 nitrogen and oxygen atoms in total. The van der Waals surface area contributed by atoms with Crippen LogP contribution in [0.25, 0.3) is 11.1 Å². The van der Waals surface area contributed by atoms with Gasteiger partial charge in [-0.15, -0.1) is 0 Å². The van der Waals surface area contributed by atoms with Crippen LogP contribution in [0.1, 0.15) is 24.0 Å². The number of aryl methyl sites for hydroxylation is 1. The van der Waals surface area contributed by atoms with Crippen molar-refractivity contribution >= 4 is 0 Å². The molecular weight excluding hydrogens is 308 g/mol. The predicted molar refractivity (Wildman–Crippen MR) is 91.8 cm³/mol. The Labute approximate surface area is 141 Å². The van der Waals surface area contributed by atoms with Crippen molar-refractivity contribution in [3.8, 4) is 11.1 Å². The largest absolute Gasteiger partial charge is 0.381 e. The highest BCUT2D eigenvalue weighted by molar-refractivity contribution is 5.67. The van der Waals surface area contributed by atoms with E-state index in [4.69, 9.17) is 4.74 Å². The van der Waals surface area contributed by atoms with Gasteiger partial charge in [-0.1, -0.05) is 24.3 Å². The summed E-state index contributed by atoms with van der Waals surface area (Å²) in [7, 11) is 0. The van der Waals surface area contributed by atoms with Crippen molar-refractivity contribution in [2.24, 2.45) is 5.92 Å². The van der Waals surface area contributed by atoms with Gasteiger partial charge in [-0.2, -0.15) is 0 Å². The Morgan fingerprint density at radius 3 is 2.42 bits per heavy atom. The second-order valence-corrected chi connectivity index (χ2v) is 6.42. The summed E-state index contributed by atoms with van der Waals surface area (Å²) in [5.41, 5.74) is 2.55. The van der Waals surface area contributed by atoms with Gasteiger partial charge in [-0.25, -0.2) is 8.78 Å². The monoisotopic (exact) mass is 331 g/mol. The van der Waals surface area contributed by atoms with E-state index in [2.05, 4.69) is 5.32 Å². The summed E-state index contributed by atoms with van der Waals surface area (Å²) < 4.78 is 34.1. The maximum Gasteiger partial charge on any atom is 0.131 e. The number of nitrogens with one attached hydrogen (secondary N) is 1. The van der Waals surface area contributed by atoms with Gasteiger partial charge >= 0.3 is 0 Å². The lowest BCUT2D eigenvalue weighted by Crippen LogP contribution is -2.28. The maximum atomic E-state index is 14.4. The summed E-state index contributed by atoms with van der Waals surface area (Å²) in [4.78, 5) is 0. The molecule has 0 unspecified atom stereocenters. The lowest BCUT2D eigenvalue weighted by molar-refractivity contribution is 0.0662.